The van der Waals surface area contributed by atoms with Crippen LogP contribution >= 0.6 is 0 Å². The average Bonchev–Trinajstić information content (AvgIpc) is 3.02. The van der Waals surface area contributed by atoms with E-state index in [9.17, 15) is 0 Å². The van der Waals surface area contributed by atoms with Gasteiger partial charge in [-0.1, -0.05) is 6.07 Å². The molecule has 0 aliphatic carbocycles. The number of pyridine rings is 1. The Hall–Kier alpha value is -1.92. The predicted octanol–water partition coefficient (Wildman–Crippen LogP) is 2.08. The molecule has 23 heavy (non-hydrogen) atoms. The van der Waals surface area contributed by atoms with E-state index < -0.39 is 0 Å². The van der Waals surface area contributed by atoms with Gasteiger partial charge in [0.1, 0.15) is 5.82 Å². The van der Waals surface area contributed by atoms with Gasteiger partial charge in [0.05, 0.1) is 18.8 Å². The molecule has 3 rings (SSSR count). The minimum Gasteiger partial charge on any atom is -0.481 e. The third-order valence-electron chi connectivity index (χ3n) is 4.37. The van der Waals surface area contributed by atoms with Crippen LogP contribution in [-0.2, 0) is 18.3 Å². The Morgan fingerprint density at radius 1 is 1.39 bits per heavy atom. The third-order valence-corrected chi connectivity index (χ3v) is 4.37. The molecule has 124 valence electrons. The molecule has 0 aromatic carbocycles. The van der Waals surface area contributed by atoms with E-state index in [0.29, 0.717) is 18.3 Å². The minimum absolute atomic E-state index is 0.201. The summed E-state index contributed by atoms with van der Waals surface area (Å²) in [5, 5.41) is 3.64. The highest BCUT2D eigenvalue weighted by Crippen LogP contribution is 2.29. The molecular weight excluding hydrogens is 292 g/mol. The fourth-order valence-electron chi connectivity index (χ4n) is 3.08. The smallest absolute Gasteiger partial charge is 0.213 e. The molecular formula is C17H24N4O2. The van der Waals surface area contributed by atoms with Crippen molar-refractivity contribution < 1.29 is 9.47 Å². The van der Waals surface area contributed by atoms with Gasteiger partial charge in [0.2, 0.25) is 5.88 Å². The second kappa shape index (κ2) is 7.57. The standard InChI is InChI=1S/C17H24N4O2/c1-21-9-8-18-17(21)16(13-6-10-23-11-7-13)19-12-14-4-3-5-15(20-14)22-2/h3-5,8-9,13,16,19H,6-7,10-12H2,1-2H3. The monoisotopic (exact) mass is 316 g/mol. The Morgan fingerprint density at radius 3 is 2.91 bits per heavy atom. The molecule has 0 saturated carbocycles. The summed E-state index contributed by atoms with van der Waals surface area (Å²) in [6.45, 7) is 2.33. The van der Waals surface area contributed by atoms with Crippen LogP contribution in [0.1, 0.15) is 30.4 Å². The molecule has 3 heterocycles. The number of nitrogens with zero attached hydrogens (tertiary/aromatic N) is 3. The van der Waals surface area contributed by atoms with Crippen molar-refractivity contribution in [2.75, 3.05) is 20.3 Å². The lowest BCUT2D eigenvalue weighted by Crippen LogP contribution is -2.33. The summed E-state index contributed by atoms with van der Waals surface area (Å²) in [4.78, 5) is 9.03. The topological polar surface area (TPSA) is 61.2 Å². The van der Waals surface area contributed by atoms with Crippen molar-refractivity contribution in [2.24, 2.45) is 13.0 Å². The van der Waals surface area contributed by atoms with Crippen molar-refractivity contribution >= 4 is 0 Å². The first-order valence-corrected chi connectivity index (χ1v) is 8.06. The number of ether oxygens (including phenoxy) is 2. The Kier molecular flexibility index (Phi) is 5.25. The molecule has 2 aromatic heterocycles. The van der Waals surface area contributed by atoms with Crippen molar-refractivity contribution in [3.8, 4) is 5.88 Å². The molecule has 6 nitrogen and oxygen atoms in total. The second-order valence-electron chi connectivity index (χ2n) is 5.88. The van der Waals surface area contributed by atoms with Gasteiger partial charge in [0.25, 0.3) is 0 Å². The van der Waals surface area contributed by atoms with Gasteiger partial charge in [-0.25, -0.2) is 9.97 Å². The number of rotatable bonds is 6. The van der Waals surface area contributed by atoms with Gasteiger partial charge in [-0.2, -0.15) is 0 Å². The van der Waals surface area contributed by atoms with Gasteiger partial charge in [-0.15, -0.1) is 0 Å². The Balaban J connectivity index is 1.74. The lowest BCUT2D eigenvalue weighted by atomic mass is 9.91. The maximum absolute atomic E-state index is 5.51. The van der Waals surface area contributed by atoms with Gasteiger partial charge in [0.15, 0.2) is 0 Å². The number of imidazole rings is 1. The third kappa shape index (κ3) is 3.89. The van der Waals surface area contributed by atoms with Gasteiger partial charge in [-0.05, 0) is 24.8 Å². The zero-order valence-electron chi connectivity index (χ0n) is 13.7. The van der Waals surface area contributed by atoms with E-state index in [2.05, 4.69) is 19.9 Å². The van der Waals surface area contributed by atoms with Crippen LogP contribution in [0, 0.1) is 5.92 Å². The normalized spacial score (nSPS) is 17.1. The van der Waals surface area contributed by atoms with Crippen LogP contribution in [0.25, 0.3) is 0 Å². The Morgan fingerprint density at radius 2 is 2.22 bits per heavy atom. The number of methoxy groups -OCH3 is 1. The SMILES string of the molecule is COc1cccc(CNC(c2nccn2C)C2CCOCC2)n1. The van der Waals surface area contributed by atoms with Crippen molar-refractivity contribution in [1.82, 2.24) is 19.9 Å². The van der Waals surface area contributed by atoms with Crippen LogP contribution in [0.3, 0.4) is 0 Å². The molecule has 1 aliphatic rings. The van der Waals surface area contributed by atoms with Gasteiger partial charge in [-0.3, -0.25) is 0 Å². The van der Waals surface area contributed by atoms with Crippen LogP contribution in [0.2, 0.25) is 0 Å². The summed E-state index contributed by atoms with van der Waals surface area (Å²) in [5.74, 6) is 2.24. The number of aromatic nitrogens is 3. The maximum Gasteiger partial charge on any atom is 0.213 e. The second-order valence-corrected chi connectivity index (χ2v) is 5.88. The molecule has 1 fully saturated rings. The summed E-state index contributed by atoms with van der Waals surface area (Å²) in [7, 11) is 3.68. The predicted molar refractivity (Wildman–Crippen MR) is 87.1 cm³/mol. The van der Waals surface area contributed by atoms with Crippen LogP contribution in [0.4, 0.5) is 0 Å². The fraction of sp³-hybridized carbons (Fsp3) is 0.529. The first-order valence-electron chi connectivity index (χ1n) is 8.06. The van der Waals surface area contributed by atoms with E-state index in [1.165, 1.54) is 0 Å². The van der Waals surface area contributed by atoms with Crippen molar-refractivity contribution in [3.63, 3.8) is 0 Å². The fourth-order valence-corrected chi connectivity index (χ4v) is 3.08. The molecule has 1 unspecified atom stereocenters. The lowest BCUT2D eigenvalue weighted by molar-refractivity contribution is 0.0517. The molecule has 0 bridgehead atoms. The number of aryl methyl sites for hydroxylation is 1. The van der Waals surface area contributed by atoms with E-state index in [1.54, 1.807) is 7.11 Å². The van der Waals surface area contributed by atoms with Crippen LogP contribution in [0.15, 0.2) is 30.6 Å². The summed E-state index contributed by atoms with van der Waals surface area (Å²) in [6.07, 6.45) is 5.95. The highest BCUT2D eigenvalue weighted by atomic mass is 16.5. The van der Waals surface area contributed by atoms with E-state index in [4.69, 9.17) is 9.47 Å². The zero-order chi connectivity index (χ0) is 16.1. The molecule has 2 aromatic rings. The van der Waals surface area contributed by atoms with E-state index in [1.807, 2.05) is 37.6 Å². The van der Waals surface area contributed by atoms with Crippen LogP contribution in [-0.4, -0.2) is 34.9 Å². The lowest BCUT2D eigenvalue weighted by Gasteiger charge is -2.30. The molecule has 0 spiro atoms. The zero-order valence-corrected chi connectivity index (χ0v) is 13.7. The molecule has 0 amide bonds. The summed E-state index contributed by atoms with van der Waals surface area (Å²) in [5.41, 5.74) is 0.968. The quantitative estimate of drug-likeness (QED) is 0.884. The van der Waals surface area contributed by atoms with Crippen molar-refractivity contribution in [2.45, 2.75) is 25.4 Å². The molecule has 1 saturated heterocycles. The molecule has 1 atom stereocenters. The first-order chi connectivity index (χ1) is 11.3. The Bertz CT molecular complexity index is 623. The van der Waals surface area contributed by atoms with E-state index in [-0.39, 0.29) is 6.04 Å². The average molecular weight is 316 g/mol. The van der Waals surface area contributed by atoms with E-state index >= 15 is 0 Å². The van der Waals surface area contributed by atoms with Crippen molar-refractivity contribution in [3.05, 3.63) is 42.1 Å². The summed E-state index contributed by atoms with van der Waals surface area (Å²) in [6, 6.07) is 6.03. The van der Waals surface area contributed by atoms with Gasteiger partial charge in [0, 0.05) is 45.3 Å². The first kappa shape index (κ1) is 16.0. The van der Waals surface area contributed by atoms with Gasteiger partial charge < -0.3 is 19.4 Å². The van der Waals surface area contributed by atoms with E-state index in [0.717, 1.165) is 37.6 Å². The number of nitrogens with one attached hydrogen (secondary N) is 1. The van der Waals surface area contributed by atoms with Crippen LogP contribution < -0.4 is 10.1 Å². The molecule has 0 radical (unpaired) electrons. The van der Waals surface area contributed by atoms with Crippen molar-refractivity contribution in [1.29, 1.82) is 0 Å². The maximum atomic E-state index is 5.51. The van der Waals surface area contributed by atoms with Crippen LogP contribution in [0.5, 0.6) is 5.88 Å². The minimum atomic E-state index is 0.201. The molecule has 6 heteroatoms. The molecule has 1 N–H and O–H groups in total. The number of hydrogen-bond acceptors (Lipinski definition) is 5. The summed E-state index contributed by atoms with van der Waals surface area (Å²) >= 11 is 0. The Labute approximate surface area is 136 Å². The highest BCUT2D eigenvalue weighted by molar-refractivity contribution is 5.16. The largest absolute Gasteiger partial charge is 0.481 e. The van der Waals surface area contributed by atoms with Gasteiger partial charge >= 0.3 is 0 Å². The summed E-state index contributed by atoms with van der Waals surface area (Å²) < 4.78 is 12.8. The highest BCUT2D eigenvalue weighted by Gasteiger charge is 2.27. The molecule has 1 aliphatic heterocycles. The number of hydrogen-bond donors (Lipinski definition) is 1.